The van der Waals surface area contributed by atoms with Crippen LogP contribution in [0, 0.1) is 25.3 Å². The van der Waals surface area contributed by atoms with Crippen molar-refractivity contribution < 1.29 is 14.6 Å². The maximum atomic E-state index is 13.6. The molecular formula is C27H27NO3. The molecular weight excluding hydrogens is 386 g/mol. The van der Waals surface area contributed by atoms with Crippen LogP contribution in [-0.2, 0) is 22.4 Å². The molecule has 2 fully saturated rings. The average molecular weight is 414 g/mol. The quantitative estimate of drug-likeness (QED) is 0.653. The Kier molecular flexibility index (Phi) is 4.75. The summed E-state index contributed by atoms with van der Waals surface area (Å²) in [5.41, 5.74) is 6.67. The molecule has 0 radical (unpaired) electrons. The van der Waals surface area contributed by atoms with Crippen molar-refractivity contribution in [2.75, 3.05) is 0 Å². The monoisotopic (exact) mass is 413 g/mol. The Morgan fingerprint density at radius 1 is 1.10 bits per heavy atom. The van der Waals surface area contributed by atoms with Gasteiger partial charge in [-0.05, 0) is 48.4 Å². The van der Waals surface area contributed by atoms with E-state index in [-0.39, 0.29) is 41.5 Å². The number of aliphatic hydroxyl groups is 1. The third kappa shape index (κ3) is 2.87. The number of aliphatic hydroxyl groups excluding tert-OH is 1. The number of hydrogen-bond donors (Lipinski definition) is 1. The molecule has 2 bridgehead atoms. The predicted molar refractivity (Wildman–Crippen MR) is 120 cm³/mol. The number of fused-ring (bicyclic) bond motifs is 5. The van der Waals surface area contributed by atoms with Gasteiger partial charge in [0.25, 0.3) is 0 Å². The number of carbonyl (C=O) groups excluding carboxylic acids is 1. The standard InChI is InChI=1S/C27H27NO3/c1-5-15-11-14(3)12-16(6-2)21(15)23-25(29)22-20-13-19(27(31-20)24(22)26(23)30)17-7-9-18(28-4)10-8-17/h7-12,19-20,22,24,27,30H,5-6,13H2,1-3H3/t19-,20-,22-,24+,27+/m0/s1. The van der Waals surface area contributed by atoms with Gasteiger partial charge in [0, 0.05) is 5.92 Å². The number of Topliss-reactive ketones (excluding diaryl/α,β-unsaturated/α-hetero) is 1. The maximum absolute atomic E-state index is 13.6. The summed E-state index contributed by atoms with van der Waals surface area (Å²) in [7, 11) is 0. The van der Waals surface area contributed by atoms with Gasteiger partial charge in [-0.2, -0.15) is 0 Å². The molecule has 4 nitrogen and oxygen atoms in total. The highest BCUT2D eigenvalue weighted by molar-refractivity contribution is 6.26. The molecule has 4 heteroatoms. The minimum Gasteiger partial charge on any atom is -0.511 e. The molecule has 158 valence electrons. The second-order valence-corrected chi connectivity index (χ2v) is 9.03. The van der Waals surface area contributed by atoms with Gasteiger partial charge in [0.2, 0.25) is 0 Å². The van der Waals surface area contributed by atoms with Crippen molar-refractivity contribution in [1.82, 2.24) is 0 Å². The minimum atomic E-state index is -0.283. The third-order valence-electron chi connectivity index (χ3n) is 7.39. The zero-order valence-corrected chi connectivity index (χ0v) is 18.2. The Morgan fingerprint density at radius 3 is 2.32 bits per heavy atom. The van der Waals surface area contributed by atoms with Crippen molar-refractivity contribution in [1.29, 1.82) is 0 Å². The van der Waals surface area contributed by atoms with Crippen LogP contribution >= 0.6 is 0 Å². The lowest BCUT2D eigenvalue weighted by Crippen LogP contribution is -2.33. The second kappa shape index (κ2) is 7.35. The van der Waals surface area contributed by atoms with Crippen molar-refractivity contribution in [2.45, 2.75) is 58.2 Å². The fraction of sp³-hybridized carbons (Fsp3) is 0.407. The Hall–Kier alpha value is -2.90. The first kappa shape index (κ1) is 20.0. The van der Waals surface area contributed by atoms with Crippen LogP contribution in [0.5, 0.6) is 0 Å². The van der Waals surface area contributed by atoms with E-state index in [9.17, 15) is 9.90 Å². The molecule has 0 aromatic heterocycles. The van der Waals surface area contributed by atoms with Crippen molar-refractivity contribution in [3.8, 4) is 0 Å². The molecule has 5 rings (SSSR count). The summed E-state index contributed by atoms with van der Waals surface area (Å²) in [5.74, 6) is -0.157. The number of rotatable bonds is 4. The number of ketones is 1. The Labute approximate surface area is 183 Å². The lowest BCUT2D eigenvalue weighted by Gasteiger charge is -2.27. The molecule has 1 N–H and O–H groups in total. The van der Waals surface area contributed by atoms with Crippen LogP contribution in [0.2, 0.25) is 0 Å². The summed E-state index contributed by atoms with van der Waals surface area (Å²) in [4.78, 5) is 17.1. The topological polar surface area (TPSA) is 50.9 Å². The van der Waals surface area contributed by atoms with Crippen LogP contribution in [0.4, 0.5) is 5.69 Å². The SMILES string of the molecule is [C-]#[N+]c1ccc([C@@H]2C[C@@H]3O[C@H]2[C@H]2C(O)=C(c4c(CC)cc(C)cc4CC)C(=O)[C@H]23)cc1. The fourth-order valence-electron chi connectivity index (χ4n) is 6.05. The van der Waals surface area contributed by atoms with E-state index in [0.29, 0.717) is 11.3 Å². The number of nitrogens with zero attached hydrogens (tertiary/aromatic N) is 1. The van der Waals surface area contributed by atoms with E-state index in [0.717, 1.165) is 41.5 Å². The molecule has 0 unspecified atom stereocenters. The second-order valence-electron chi connectivity index (χ2n) is 9.03. The predicted octanol–water partition coefficient (Wildman–Crippen LogP) is 5.71. The van der Waals surface area contributed by atoms with E-state index in [1.54, 1.807) is 0 Å². The molecule has 2 aromatic rings. The minimum absolute atomic E-state index is 0.0463. The normalized spacial score (nSPS) is 28.8. The molecule has 0 saturated carbocycles. The highest BCUT2D eigenvalue weighted by Gasteiger charge is 2.62. The van der Waals surface area contributed by atoms with E-state index in [1.807, 2.05) is 24.3 Å². The summed E-state index contributed by atoms with van der Waals surface area (Å²) in [6.45, 7) is 13.4. The average Bonchev–Trinajstić information content (AvgIpc) is 3.45. The molecule has 0 spiro atoms. The van der Waals surface area contributed by atoms with Crippen molar-refractivity contribution in [3.63, 3.8) is 0 Å². The van der Waals surface area contributed by atoms with Gasteiger partial charge in [0.1, 0.15) is 5.76 Å². The van der Waals surface area contributed by atoms with Crippen molar-refractivity contribution >= 4 is 17.0 Å². The maximum Gasteiger partial charge on any atom is 0.187 e. The summed E-state index contributed by atoms with van der Waals surface area (Å²) in [5, 5.41) is 11.4. The Balaban J connectivity index is 1.57. The van der Waals surface area contributed by atoms with Gasteiger partial charge >= 0.3 is 0 Å². The molecule has 2 aliphatic heterocycles. The smallest absolute Gasteiger partial charge is 0.187 e. The van der Waals surface area contributed by atoms with Crippen LogP contribution in [0.25, 0.3) is 10.4 Å². The van der Waals surface area contributed by atoms with Crippen molar-refractivity contribution in [2.24, 2.45) is 11.8 Å². The third-order valence-corrected chi connectivity index (χ3v) is 7.39. The van der Waals surface area contributed by atoms with E-state index < -0.39 is 0 Å². The highest BCUT2D eigenvalue weighted by Crippen LogP contribution is 2.58. The van der Waals surface area contributed by atoms with Crippen LogP contribution in [0.15, 0.2) is 42.2 Å². The number of benzene rings is 2. The first-order valence-corrected chi connectivity index (χ1v) is 11.2. The van der Waals surface area contributed by atoms with Crippen molar-refractivity contribution in [3.05, 3.63) is 81.4 Å². The van der Waals surface area contributed by atoms with Gasteiger partial charge in [-0.15, -0.1) is 0 Å². The number of ether oxygens (including phenoxy) is 1. The largest absolute Gasteiger partial charge is 0.511 e. The zero-order valence-electron chi connectivity index (χ0n) is 18.2. The molecule has 2 saturated heterocycles. The Bertz CT molecular complexity index is 1110. The number of hydrogen-bond acceptors (Lipinski definition) is 3. The van der Waals surface area contributed by atoms with Crippen LogP contribution < -0.4 is 0 Å². The summed E-state index contributed by atoms with van der Waals surface area (Å²) < 4.78 is 6.24. The lowest BCUT2D eigenvalue weighted by atomic mass is 9.72. The number of carbonyl (C=O) groups is 1. The van der Waals surface area contributed by atoms with E-state index in [1.165, 1.54) is 5.56 Å². The number of allylic oxidation sites excluding steroid dienone is 1. The van der Waals surface area contributed by atoms with Crippen LogP contribution in [0.1, 0.15) is 54.0 Å². The molecule has 5 atom stereocenters. The van der Waals surface area contributed by atoms with Gasteiger partial charge in [-0.25, -0.2) is 4.85 Å². The molecule has 0 amide bonds. The van der Waals surface area contributed by atoms with Gasteiger partial charge in [-0.1, -0.05) is 55.8 Å². The first-order valence-electron chi connectivity index (χ1n) is 11.2. The van der Waals surface area contributed by atoms with Gasteiger partial charge in [0.15, 0.2) is 11.5 Å². The zero-order chi connectivity index (χ0) is 21.9. The molecule has 2 aromatic carbocycles. The van der Waals surface area contributed by atoms with Gasteiger partial charge in [0.05, 0.1) is 36.2 Å². The molecule has 3 aliphatic rings. The molecule has 31 heavy (non-hydrogen) atoms. The molecule has 1 aliphatic carbocycles. The fourth-order valence-corrected chi connectivity index (χ4v) is 6.05. The molecule has 2 heterocycles. The van der Waals surface area contributed by atoms with E-state index in [2.05, 4.69) is 37.7 Å². The first-order chi connectivity index (χ1) is 15.0. The Morgan fingerprint density at radius 2 is 1.74 bits per heavy atom. The van der Waals surface area contributed by atoms with E-state index in [4.69, 9.17) is 11.3 Å². The highest BCUT2D eigenvalue weighted by atomic mass is 16.5. The van der Waals surface area contributed by atoms with Gasteiger partial charge in [-0.3, -0.25) is 4.79 Å². The summed E-state index contributed by atoms with van der Waals surface area (Å²) in [6, 6.07) is 11.9. The summed E-state index contributed by atoms with van der Waals surface area (Å²) >= 11 is 0. The van der Waals surface area contributed by atoms with Crippen LogP contribution in [-0.4, -0.2) is 23.1 Å². The van der Waals surface area contributed by atoms with E-state index >= 15 is 0 Å². The van der Waals surface area contributed by atoms with Crippen LogP contribution in [0.3, 0.4) is 0 Å². The lowest BCUT2D eigenvalue weighted by molar-refractivity contribution is -0.118. The van der Waals surface area contributed by atoms with Gasteiger partial charge < -0.3 is 9.84 Å². The summed E-state index contributed by atoms with van der Waals surface area (Å²) in [6.07, 6.45) is 2.07. The number of aryl methyl sites for hydroxylation is 3.